The van der Waals surface area contributed by atoms with Crippen molar-refractivity contribution in [2.75, 3.05) is 18.5 Å². The number of ether oxygens (including phenoxy) is 2. The van der Waals surface area contributed by atoms with Crippen molar-refractivity contribution in [1.82, 2.24) is 4.98 Å². The zero-order valence-corrected chi connectivity index (χ0v) is 16.7. The molecule has 0 atom stereocenters. The first-order chi connectivity index (χ1) is 13.3. The SMILES string of the molecule is CCOC(=O)c1c(C)nc(C)c(C(=O)OCC)c1-c1ccc(NC(C)=O)cc1. The highest BCUT2D eigenvalue weighted by Crippen LogP contribution is 2.33. The van der Waals surface area contributed by atoms with Gasteiger partial charge in [-0.1, -0.05) is 12.1 Å². The lowest BCUT2D eigenvalue weighted by Gasteiger charge is -2.18. The predicted octanol–water partition coefficient (Wildman–Crippen LogP) is 3.68. The van der Waals surface area contributed by atoms with Crippen LogP contribution in [0.4, 0.5) is 5.69 Å². The summed E-state index contributed by atoms with van der Waals surface area (Å²) >= 11 is 0. The molecule has 1 aromatic carbocycles. The van der Waals surface area contributed by atoms with Crippen LogP contribution in [-0.4, -0.2) is 36.0 Å². The number of hydrogen-bond donors (Lipinski definition) is 1. The first-order valence-corrected chi connectivity index (χ1v) is 9.03. The summed E-state index contributed by atoms with van der Waals surface area (Å²) in [6.45, 7) is 8.63. The maximum absolute atomic E-state index is 12.6. The average molecular weight is 384 g/mol. The van der Waals surface area contributed by atoms with Crippen molar-refractivity contribution < 1.29 is 23.9 Å². The van der Waals surface area contributed by atoms with E-state index in [4.69, 9.17) is 9.47 Å². The Labute approximate surface area is 164 Å². The normalized spacial score (nSPS) is 10.3. The van der Waals surface area contributed by atoms with E-state index < -0.39 is 11.9 Å². The van der Waals surface area contributed by atoms with Crippen molar-refractivity contribution in [1.29, 1.82) is 0 Å². The Balaban J connectivity index is 2.74. The molecule has 0 fully saturated rings. The number of anilines is 1. The van der Waals surface area contributed by atoms with Crippen LogP contribution in [0.25, 0.3) is 11.1 Å². The highest BCUT2D eigenvalue weighted by molar-refractivity contribution is 6.07. The molecular formula is C21H24N2O5. The van der Waals surface area contributed by atoms with Gasteiger partial charge in [-0.2, -0.15) is 0 Å². The number of rotatable bonds is 6. The van der Waals surface area contributed by atoms with Gasteiger partial charge >= 0.3 is 11.9 Å². The van der Waals surface area contributed by atoms with Crippen LogP contribution in [0.5, 0.6) is 0 Å². The molecule has 1 heterocycles. The molecule has 148 valence electrons. The summed E-state index contributed by atoms with van der Waals surface area (Å²) in [6.07, 6.45) is 0. The zero-order valence-electron chi connectivity index (χ0n) is 16.7. The summed E-state index contributed by atoms with van der Waals surface area (Å²) in [6, 6.07) is 6.85. The molecule has 0 bridgehead atoms. The minimum absolute atomic E-state index is 0.192. The monoisotopic (exact) mass is 384 g/mol. The molecule has 0 aliphatic rings. The van der Waals surface area contributed by atoms with Crippen LogP contribution in [0.15, 0.2) is 24.3 Å². The molecule has 7 nitrogen and oxygen atoms in total. The summed E-state index contributed by atoms with van der Waals surface area (Å²) in [5.74, 6) is -1.30. The zero-order chi connectivity index (χ0) is 20.8. The number of amides is 1. The topological polar surface area (TPSA) is 94.6 Å². The summed E-state index contributed by atoms with van der Waals surface area (Å²) < 4.78 is 10.4. The molecule has 0 spiro atoms. The van der Waals surface area contributed by atoms with Crippen molar-refractivity contribution in [2.24, 2.45) is 0 Å². The van der Waals surface area contributed by atoms with E-state index in [1.54, 1.807) is 52.0 Å². The van der Waals surface area contributed by atoms with Crippen molar-refractivity contribution in [3.63, 3.8) is 0 Å². The quantitative estimate of drug-likeness (QED) is 0.764. The summed E-state index contributed by atoms with van der Waals surface area (Å²) in [4.78, 5) is 40.9. The lowest BCUT2D eigenvalue weighted by molar-refractivity contribution is -0.114. The Hall–Kier alpha value is -3.22. The highest BCUT2D eigenvalue weighted by Gasteiger charge is 2.27. The molecule has 0 radical (unpaired) electrons. The first kappa shape index (κ1) is 21.1. The van der Waals surface area contributed by atoms with Gasteiger partial charge in [0.05, 0.1) is 35.7 Å². The third-order valence-electron chi connectivity index (χ3n) is 4.01. The number of carbonyl (C=O) groups excluding carboxylic acids is 3. The van der Waals surface area contributed by atoms with Crippen molar-refractivity contribution >= 4 is 23.5 Å². The number of nitrogens with zero attached hydrogens (tertiary/aromatic N) is 1. The van der Waals surface area contributed by atoms with E-state index in [1.165, 1.54) is 6.92 Å². The molecule has 1 N–H and O–H groups in total. The summed E-state index contributed by atoms with van der Waals surface area (Å²) in [7, 11) is 0. The number of hydrogen-bond acceptors (Lipinski definition) is 6. The van der Waals surface area contributed by atoms with Gasteiger partial charge in [0, 0.05) is 18.2 Å². The fourth-order valence-electron chi connectivity index (χ4n) is 2.97. The Kier molecular flexibility index (Phi) is 6.87. The van der Waals surface area contributed by atoms with Gasteiger partial charge in [0.1, 0.15) is 0 Å². The lowest BCUT2D eigenvalue weighted by Crippen LogP contribution is -2.17. The number of carbonyl (C=O) groups is 3. The maximum atomic E-state index is 12.6. The molecule has 7 heteroatoms. The number of pyridine rings is 1. The smallest absolute Gasteiger partial charge is 0.340 e. The van der Waals surface area contributed by atoms with Crippen LogP contribution in [0, 0.1) is 13.8 Å². The van der Waals surface area contributed by atoms with Crippen LogP contribution in [-0.2, 0) is 14.3 Å². The minimum atomic E-state index is -0.556. The fraction of sp³-hybridized carbons (Fsp3) is 0.333. The van der Waals surface area contributed by atoms with Crippen LogP contribution >= 0.6 is 0 Å². The number of aryl methyl sites for hydroxylation is 2. The van der Waals surface area contributed by atoms with Gasteiger partial charge in [0.25, 0.3) is 0 Å². The van der Waals surface area contributed by atoms with Crippen LogP contribution < -0.4 is 5.32 Å². The number of aromatic nitrogens is 1. The van der Waals surface area contributed by atoms with Crippen molar-refractivity contribution in [2.45, 2.75) is 34.6 Å². The molecule has 0 aliphatic carbocycles. The Bertz CT molecular complexity index is 862. The number of nitrogens with one attached hydrogen (secondary N) is 1. The molecule has 1 aromatic heterocycles. The second kappa shape index (κ2) is 9.12. The molecular weight excluding hydrogens is 360 g/mol. The summed E-state index contributed by atoms with van der Waals surface area (Å²) in [5.41, 5.74) is 3.01. The second-order valence-corrected chi connectivity index (χ2v) is 6.11. The molecule has 0 aliphatic heterocycles. The van der Waals surface area contributed by atoms with E-state index in [1.807, 2.05) is 0 Å². The molecule has 28 heavy (non-hydrogen) atoms. The third-order valence-corrected chi connectivity index (χ3v) is 4.01. The van der Waals surface area contributed by atoms with E-state index in [2.05, 4.69) is 10.3 Å². The second-order valence-electron chi connectivity index (χ2n) is 6.11. The van der Waals surface area contributed by atoms with E-state index >= 15 is 0 Å². The van der Waals surface area contributed by atoms with Gasteiger partial charge in [-0.05, 0) is 45.4 Å². The van der Waals surface area contributed by atoms with Gasteiger partial charge in [-0.25, -0.2) is 9.59 Å². The van der Waals surface area contributed by atoms with Crippen LogP contribution in [0.2, 0.25) is 0 Å². The van der Waals surface area contributed by atoms with Crippen LogP contribution in [0.3, 0.4) is 0 Å². The number of esters is 2. The largest absolute Gasteiger partial charge is 0.462 e. The van der Waals surface area contributed by atoms with E-state index in [9.17, 15) is 14.4 Å². The predicted molar refractivity (Wildman–Crippen MR) is 105 cm³/mol. The van der Waals surface area contributed by atoms with E-state index in [0.29, 0.717) is 28.2 Å². The molecule has 0 saturated carbocycles. The molecule has 0 saturated heterocycles. The van der Waals surface area contributed by atoms with Gasteiger partial charge < -0.3 is 14.8 Å². The summed E-state index contributed by atoms with van der Waals surface area (Å²) in [5, 5.41) is 2.69. The van der Waals surface area contributed by atoms with Gasteiger partial charge in [0.2, 0.25) is 5.91 Å². The average Bonchev–Trinajstić information content (AvgIpc) is 2.61. The Morgan fingerprint density at radius 1 is 0.893 bits per heavy atom. The lowest BCUT2D eigenvalue weighted by atomic mass is 9.92. The molecule has 2 rings (SSSR count). The van der Waals surface area contributed by atoms with E-state index in [0.717, 1.165) is 0 Å². The Morgan fingerprint density at radius 3 is 1.75 bits per heavy atom. The maximum Gasteiger partial charge on any atom is 0.340 e. The Morgan fingerprint density at radius 2 is 1.36 bits per heavy atom. The standard InChI is InChI=1S/C21H24N2O5/c1-6-27-20(25)17-12(3)22-13(4)18(21(26)28-7-2)19(17)15-8-10-16(11-9-15)23-14(5)24/h8-11H,6-7H2,1-5H3,(H,23,24). The first-order valence-electron chi connectivity index (χ1n) is 9.03. The van der Waals surface area contributed by atoms with Gasteiger partial charge in [-0.3, -0.25) is 9.78 Å². The van der Waals surface area contributed by atoms with Crippen LogP contribution in [0.1, 0.15) is 52.9 Å². The molecule has 2 aromatic rings. The minimum Gasteiger partial charge on any atom is -0.462 e. The van der Waals surface area contributed by atoms with E-state index in [-0.39, 0.29) is 30.2 Å². The third kappa shape index (κ3) is 4.54. The van der Waals surface area contributed by atoms with Gasteiger partial charge in [-0.15, -0.1) is 0 Å². The number of benzene rings is 1. The van der Waals surface area contributed by atoms with Crippen molar-refractivity contribution in [3.05, 3.63) is 46.8 Å². The molecule has 1 amide bonds. The highest BCUT2D eigenvalue weighted by atomic mass is 16.5. The fourth-order valence-corrected chi connectivity index (χ4v) is 2.97. The van der Waals surface area contributed by atoms with Gasteiger partial charge in [0.15, 0.2) is 0 Å². The molecule has 0 unspecified atom stereocenters. The van der Waals surface area contributed by atoms with Crippen molar-refractivity contribution in [3.8, 4) is 11.1 Å².